The minimum absolute atomic E-state index is 0.0499. The summed E-state index contributed by atoms with van der Waals surface area (Å²) in [7, 11) is 0. The zero-order valence-electron chi connectivity index (χ0n) is 15.7. The summed E-state index contributed by atoms with van der Waals surface area (Å²) in [5.74, 6) is -0.608. The van der Waals surface area contributed by atoms with E-state index in [4.69, 9.17) is 0 Å². The number of hydrogen-bond donors (Lipinski definition) is 1. The number of aromatic nitrogens is 1. The fraction of sp³-hybridized carbons (Fsp3) is 0.174. The van der Waals surface area contributed by atoms with Crippen molar-refractivity contribution in [1.29, 1.82) is 0 Å². The quantitative estimate of drug-likeness (QED) is 0.637. The molecule has 2 aromatic carbocycles. The van der Waals surface area contributed by atoms with E-state index >= 15 is 0 Å². The van der Waals surface area contributed by atoms with Gasteiger partial charge >= 0.3 is 0 Å². The van der Waals surface area contributed by atoms with Gasteiger partial charge in [-0.25, -0.2) is 0 Å². The number of carbonyl (C=O) groups excluding carboxylic acids is 2. The average molecular weight is 450 g/mol. The van der Waals surface area contributed by atoms with E-state index in [1.54, 1.807) is 11.1 Å². The zero-order chi connectivity index (χ0) is 20.2. The molecule has 1 N–H and O–H groups in total. The lowest BCUT2D eigenvalue weighted by atomic mass is 10.0. The van der Waals surface area contributed by atoms with Crippen LogP contribution in [0.5, 0.6) is 0 Å². The Morgan fingerprint density at radius 2 is 1.76 bits per heavy atom. The van der Waals surface area contributed by atoms with E-state index in [9.17, 15) is 9.59 Å². The van der Waals surface area contributed by atoms with Gasteiger partial charge in [0.05, 0.1) is 23.3 Å². The van der Waals surface area contributed by atoms with E-state index in [2.05, 4.69) is 26.2 Å². The van der Waals surface area contributed by atoms with Crippen LogP contribution in [0.2, 0.25) is 0 Å². The van der Waals surface area contributed by atoms with Crippen molar-refractivity contribution in [2.75, 3.05) is 11.4 Å². The van der Waals surface area contributed by atoms with Gasteiger partial charge in [-0.3, -0.25) is 14.6 Å². The van der Waals surface area contributed by atoms with E-state index in [-0.39, 0.29) is 24.3 Å². The molecule has 0 bridgehead atoms. The minimum Gasteiger partial charge on any atom is -0.343 e. The molecule has 0 saturated carbocycles. The molecule has 146 valence electrons. The highest BCUT2D eigenvalue weighted by molar-refractivity contribution is 9.10. The summed E-state index contributed by atoms with van der Waals surface area (Å²) in [6, 6.07) is 22.6. The summed E-state index contributed by atoms with van der Waals surface area (Å²) in [5, 5.41) is 3.11. The van der Waals surface area contributed by atoms with Crippen LogP contribution in [0.4, 0.5) is 5.69 Å². The number of benzene rings is 2. The molecule has 1 aliphatic heterocycles. The number of amides is 2. The van der Waals surface area contributed by atoms with Crippen LogP contribution in [-0.2, 0) is 9.59 Å². The van der Waals surface area contributed by atoms with Gasteiger partial charge < -0.3 is 10.2 Å². The predicted molar refractivity (Wildman–Crippen MR) is 115 cm³/mol. The second kappa shape index (κ2) is 8.57. The highest BCUT2D eigenvalue weighted by Gasteiger charge is 2.36. The molecular weight excluding hydrogens is 430 g/mol. The standard InChI is InChI=1S/C23H20BrN3O2/c24-18-10-4-5-12-20(18)27-15-17(14-21(27)28)23(29)26-22(16-8-2-1-3-9-16)19-11-6-7-13-25-19/h1-13,17,22H,14-15H2,(H,26,29)/t17-,22+/m0/s1. The molecule has 1 aliphatic rings. The molecular formula is C23H20BrN3O2. The second-order valence-corrected chi connectivity index (χ2v) is 7.82. The Morgan fingerprint density at radius 3 is 2.48 bits per heavy atom. The van der Waals surface area contributed by atoms with Gasteiger partial charge in [0.25, 0.3) is 0 Å². The fourth-order valence-corrected chi connectivity index (χ4v) is 4.07. The summed E-state index contributed by atoms with van der Waals surface area (Å²) in [5.41, 5.74) is 2.50. The third-order valence-corrected chi connectivity index (χ3v) is 5.71. The number of nitrogens with one attached hydrogen (secondary N) is 1. The van der Waals surface area contributed by atoms with E-state index in [1.165, 1.54) is 0 Å². The second-order valence-electron chi connectivity index (χ2n) is 6.96. The first-order valence-electron chi connectivity index (χ1n) is 9.44. The molecule has 0 unspecified atom stereocenters. The molecule has 3 aromatic rings. The number of nitrogens with zero attached hydrogens (tertiary/aromatic N) is 2. The highest BCUT2D eigenvalue weighted by Crippen LogP contribution is 2.32. The van der Waals surface area contributed by atoms with Gasteiger partial charge in [0.2, 0.25) is 11.8 Å². The lowest BCUT2D eigenvalue weighted by Gasteiger charge is -2.21. The molecule has 1 aromatic heterocycles. The monoisotopic (exact) mass is 449 g/mol. The van der Waals surface area contributed by atoms with E-state index in [0.29, 0.717) is 6.54 Å². The number of rotatable bonds is 5. The maximum absolute atomic E-state index is 13.1. The summed E-state index contributed by atoms with van der Waals surface area (Å²) in [4.78, 5) is 31.8. The van der Waals surface area contributed by atoms with Crippen LogP contribution in [-0.4, -0.2) is 23.3 Å². The van der Waals surface area contributed by atoms with Crippen molar-refractivity contribution in [3.63, 3.8) is 0 Å². The van der Waals surface area contributed by atoms with Crippen molar-refractivity contribution in [1.82, 2.24) is 10.3 Å². The lowest BCUT2D eigenvalue weighted by molar-refractivity contribution is -0.126. The molecule has 1 saturated heterocycles. The molecule has 0 spiro atoms. The Balaban J connectivity index is 1.54. The molecule has 2 atom stereocenters. The number of carbonyl (C=O) groups is 2. The normalized spacial score (nSPS) is 17.2. The first-order valence-corrected chi connectivity index (χ1v) is 10.2. The molecule has 5 nitrogen and oxygen atoms in total. The largest absolute Gasteiger partial charge is 0.343 e. The van der Waals surface area contributed by atoms with E-state index in [0.717, 1.165) is 21.4 Å². The molecule has 2 heterocycles. The van der Waals surface area contributed by atoms with Crippen LogP contribution in [0.15, 0.2) is 83.5 Å². The van der Waals surface area contributed by atoms with Gasteiger partial charge in [0.15, 0.2) is 0 Å². The Hall–Kier alpha value is -2.99. The summed E-state index contributed by atoms with van der Waals surface area (Å²) in [6.45, 7) is 0.358. The third-order valence-electron chi connectivity index (χ3n) is 5.04. The minimum atomic E-state index is -0.412. The zero-order valence-corrected chi connectivity index (χ0v) is 17.2. The van der Waals surface area contributed by atoms with Crippen LogP contribution in [0.25, 0.3) is 0 Å². The van der Waals surface area contributed by atoms with Gasteiger partial charge in [0, 0.05) is 23.6 Å². The SMILES string of the molecule is O=C(N[C@H](c1ccccc1)c1ccccn1)[C@H]1CC(=O)N(c2ccccc2Br)C1. The van der Waals surface area contributed by atoms with E-state index in [1.807, 2.05) is 72.8 Å². The van der Waals surface area contributed by atoms with Gasteiger partial charge in [-0.05, 0) is 45.8 Å². The van der Waals surface area contributed by atoms with Gasteiger partial charge in [-0.1, -0.05) is 48.5 Å². The number of pyridine rings is 1. The summed E-state index contributed by atoms with van der Waals surface area (Å²) in [6.07, 6.45) is 1.90. The van der Waals surface area contributed by atoms with Crippen molar-refractivity contribution < 1.29 is 9.59 Å². The van der Waals surface area contributed by atoms with Crippen LogP contribution < -0.4 is 10.2 Å². The first-order chi connectivity index (χ1) is 14.1. The van der Waals surface area contributed by atoms with Crippen molar-refractivity contribution in [3.05, 3.63) is 94.7 Å². The van der Waals surface area contributed by atoms with Crippen molar-refractivity contribution in [2.24, 2.45) is 5.92 Å². The number of para-hydroxylation sites is 1. The maximum Gasteiger partial charge on any atom is 0.227 e. The van der Waals surface area contributed by atoms with E-state index < -0.39 is 5.92 Å². The molecule has 0 aliphatic carbocycles. The third kappa shape index (κ3) is 4.22. The topological polar surface area (TPSA) is 62.3 Å². The molecule has 4 rings (SSSR count). The average Bonchev–Trinajstić information content (AvgIpc) is 3.15. The molecule has 0 radical (unpaired) electrons. The van der Waals surface area contributed by atoms with Gasteiger partial charge in [-0.2, -0.15) is 0 Å². The Bertz CT molecular complexity index is 971. The van der Waals surface area contributed by atoms with Crippen LogP contribution in [0.1, 0.15) is 23.7 Å². The fourth-order valence-electron chi connectivity index (χ4n) is 3.57. The van der Waals surface area contributed by atoms with Crippen LogP contribution in [0, 0.1) is 5.92 Å². The number of anilines is 1. The smallest absolute Gasteiger partial charge is 0.227 e. The first kappa shape index (κ1) is 19.3. The molecule has 29 heavy (non-hydrogen) atoms. The Morgan fingerprint density at radius 1 is 1.03 bits per heavy atom. The Kier molecular flexibility index (Phi) is 5.71. The van der Waals surface area contributed by atoms with Crippen LogP contribution in [0.3, 0.4) is 0 Å². The molecule has 2 amide bonds. The van der Waals surface area contributed by atoms with Crippen molar-refractivity contribution in [2.45, 2.75) is 12.5 Å². The number of halogens is 1. The van der Waals surface area contributed by atoms with Gasteiger partial charge in [0.1, 0.15) is 0 Å². The predicted octanol–water partition coefficient (Wildman–Crippen LogP) is 4.10. The Labute approximate surface area is 177 Å². The molecule has 6 heteroatoms. The maximum atomic E-state index is 13.1. The lowest BCUT2D eigenvalue weighted by Crippen LogP contribution is -2.36. The number of hydrogen-bond acceptors (Lipinski definition) is 3. The summed E-state index contributed by atoms with van der Waals surface area (Å²) >= 11 is 3.49. The van der Waals surface area contributed by atoms with Crippen LogP contribution >= 0.6 is 15.9 Å². The summed E-state index contributed by atoms with van der Waals surface area (Å²) < 4.78 is 0.838. The molecule has 1 fully saturated rings. The van der Waals surface area contributed by atoms with Crippen molar-refractivity contribution in [3.8, 4) is 0 Å². The highest BCUT2D eigenvalue weighted by atomic mass is 79.9. The van der Waals surface area contributed by atoms with Gasteiger partial charge in [-0.15, -0.1) is 0 Å². The van der Waals surface area contributed by atoms with Crippen molar-refractivity contribution >= 4 is 33.4 Å².